The van der Waals surface area contributed by atoms with Crippen LogP contribution in [0.1, 0.15) is 189 Å². The second-order valence-corrected chi connectivity index (χ2v) is 31.3. The first-order valence-corrected chi connectivity index (χ1v) is 36.8. The van der Waals surface area contributed by atoms with Crippen molar-refractivity contribution in [3.05, 3.63) is 0 Å². The zero-order valence-corrected chi connectivity index (χ0v) is 62.2. The van der Waals surface area contributed by atoms with E-state index < -0.39 is 174 Å². The molecular weight excluding hydrogens is 1310 g/mol. The minimum Gasteiger partial charge on any atom is -0.347 e. The predicted octanol–water partition coefficient (Wildman–Crippen LogP) is 5.81. The Labute approximate surface area is 589 Å². The number of rotatable bonds is 11. The number of alkyl halides is 4. The van der Waals surface area contributed by atoms with Gasteiger partial charge in [0.15, 0.2) is 0 Å². The van der Waals surface area contributed by atoms with Crippen LogP contribution in [0.25, 0.3) is 0 Å². The normalized spacial score (nSPS) is 30.6. The summed E-state index contributed by atoms with van der Waals surface area (Å²) in [6, 6.07) is -8.61. The predicted molar refractivity (Wildman–Crippen MR) is 367 cm³/mol. The van der Waals surface area contributed by atoms with Gasteiger partial charge in [-0.15, -0.1) is 11.6 Å². The summed E-state index contributed by atoms with van der Waals surface area (Å²) in [7, 11) is 12.9. The van der Waals surface area contributed by atoms with E-state index in [1.165, 1.54) is 92.8 Å². The summed E-state index contributed by atoms with van der Waals surface area (Å²) in [5.41, 5.74) is -1.55. The summed E-state index contributed by atoms with van der Waals surface area (Å²) in [5, 5.41) is 7.58. The zero-order valence-electron chi connectivity index (χ0n) is 61.4. The molecule has 11 atom stereocenters. The molecule has 2 aliphatic heterocycles. The molecule has 1 spiro atoms. The van der Waals surface area contributed by atoms with E-state index >= 15 is 19.2 Å². The standard InChI is InChI=1S/C71H116ClF3N12O12/c1-15-45(5)60-67(97)82(10)41-58(90)80(8)42-59(91)84(12)54(38-47-27-25-44(4)26-28-47)66(96)81(9)40-56(88)76-51(32-30-46-29-31-49(50(72)37-46)71(73,74)75)64(94)87-35-21-24-52(87)63(93)78-70(33-19-20-34-70)69(99)86(14)61(48-22-17-16-18-23-48)68(98)85(13)55(65(95)79(6)7)39-57(89)83(11)53(36-43(2)3)62(92)77-60/h43-55,60-61H,15-42H2,1-14H3,(H,76,88)(H,77,92)(H,78,93)/t44?,45-,46?,47?,49?,50?,51-,52-,53-,54-,55-,60-,61-/m0/s1. The van der Waals surface area contributed by atoms with Gasteiger partial charge in [0.25, 0.3) is 0 Å². The molecule has 2 heterocycles. The minimum atomic E-state index is -4.51. The summed E-state index contributed by atoms with van der Waals surface area (Å²) in [5.74, 6) is -10.4. The largest absolute Gasteiger partial charge is 0.393 e. The first-order chi connectivity index (χ1) is 46.4. The number of nitrogens with zero attached hydrogens (tertiary/aromatic N) is 9. The maximum absolute atomic E-state index is 15.6. The molecule has 0 aromatic rings. The Kier molecular flexibility index (Phi) is 29.7. The summed E-state index contributed by atoms with van der Waals surface area (Å²) < 4.78 is 42.0. The smallest absolute Gasteiger partial charge is 0.347 e. The molecular formula is C71H116ClF3N12O12. The van der Waals surface area contributed by atoms with Gasteiger partial charge in [0.05, 0.1) is 32.0 Å². The first-order valence-electron chi connectivity index (χ1n) is 36.4. The van der Waals surface area contributed by atoms with Gasteiger partial charge < -0.3 is 60.0 Å². The summed E-state index contributed by atoms with van der Waals surface area (Å²) >= 11 is 6.40. The SMILES string of the molecule is CC[C@H](C)[C@@H]1NC(=O)[C@H](CC(C)C)N(C)C(=O)C[C@@H](C(=O)N(C)C)N(C)C(=O)[C@H](C2CCCCC2)N(C)C(=O)C2(CCCC2)NC(=O)[C@@H]2CCCN2C(=O)[C@H](CCC2CCC(C(F)(F)F)C(Cl)C2)NC(=O)CN(C)C(=O)[C@H](CC2CCC(C)CC2)N(C)C(=O)CN(C)C(=O)CN(C)C1=O. The van der Waals surface area contributed by atoms with E-state index in [1.807, 2.05) is 20.8 Å². The Morgan fingerprint density at radius 2 is 1.22 bits per heavy atom. The zero-order chi connectivity index (χ0) is 73.7. The third kappa shape index (κ3) is 21.0. The maximum Gasteiger partial charge on any atom is 0.393 e. The van der Waals surface area contributed by atoms with Gasteiger partial charge >= 0.3 is 6.18 Å². The lowest BCUT2D eigenvalue weighted by Crippen LogP contribution is -2.65. The van der Waals surface area contributed by atoms with Crippen LogP contribution in [0.3, 0.4) is 0 Å². The second-order valence-electron chi connectivity index (χ2n) is 30.7. The highest BCUT2D eigenvalue weighted by molar-refractivity contribution is 6.21. The quantitative estimate of drug-likeness (QED) is 0.207. The van der Waals surface area contributed by atoms with Crippen molar-refractivity contribution in [2.24, 2.45) is 41.4 Å². The molecule has 24 nitrogen and oxygen atoms in total. The van der Waals surface area contributed by atoms with Crippen LogP contribution in [0.2, 0.25) is 0 Å². The van der Waals surface area contributed by atoms with E-state index in [0.29, 0.717) is 44.4 Å². The molecule has 3 N–H and O–H groups in total. The molecule has 3 unspecified atom stereocenters. The Morgan fingerprint density at radius 1 is 0.626 bits per heavy atom. The topological polar surface area (TPSA) is 270 Å². The van der Waals surface area contributed by atoms with Crippen molar-refractivity contribution < 1.29 is 70.7 Å². The molecule has 6 aliphatic rings. The van der Waals surface area contributed by atoms with Crippen LogP contribution in [-0.2, 0) is 57.5 Å². The lowest BCUT2D eigenvalue weighted by molar-refractivity contribution is -0.182. The highest BCUT2D eigenvalue weighted by atomic mass is 35.5. The molecule has 2 saturated heterocycles. The van der Waals surface area contributed by atoms with E-state index in [2.05, 4.69) is 22.9 Å². The molecule has 4 aliphatic carbocycles. The number of fused-ring (bicyclic) bond motifs is 1. The number of carbonyl (C=O) groups is 12. The van der Waals surface area contributed by atoms with Gasteiger partial charge in [-0.1, -0.05) is 98.8 Å². The fraction of sp³-hybridized carbons (Fsp3) is 0.831. The van der Waals surface area contributed by atoms with Crippen molar-refractivity contribution >= 4 is 82.5 Å². The van der Waals surface area contributed by atoms with Gasteiger partial charge in [-0.3, -0.25) is 57.5 Å². The number of nitrogens with one attached hydrogen (secondary N) is 3. The van der Waals surface area contributed by atoms with Gasteiger partial charge in [0.1, 0.15) is 47.8 Å². The minimum absolute atomic E-state index is 0.000466. The van der Waals surface area contributed by atoms with Crippen molar-refractivity contribution in [1.82, 2.24) is 60.0 Å². The van der Waals surface area contributed by atoms with E-state index in [4.69, 9.17) is 11.6 Å². The molecule has 99 heavy (non-hydrogen) atoms. The number of hydrogen-bond donors (Lipinski definition) is 3. The van der Waals surface area contributed by atoms with E-state index in [9.17, 15) is 51.5 Å². The Balaban J connectivity index is 1.42. The van der Waals surface area contributed by atoms with E-state index in [0.717, 1.165) is 59.6 Å². The Morgan fingerprint density at radius 3 is 1.81 bits per heavy atom. The van der Waals surface area contributed by atoms with E-state index in [1.54, 1.807) is 6.92 Å². The first kappa shape index (κ1) is 81.7. The molecule has 0 aromatic heterocycles. The number of carbonyl (C=O) groups excluding carboxylic acids is 12. The van der Waals surface area contributed by atoms with Crippen molar-refractivity contribution in [3.8, 4) is 0 Å². The van der Waals surface area contributed by atoms with Crippen LogP contribution in [0.15, 0.2) is 0 Å². The van der Waals surface area contributed by atoms with Crippen LogP contribution in [0.5, 0.6) is 0 Å². The highest BCUT2D eigenvalue weighted by Crippen LogP contribution is 2.44. The molecule has 12 amide bonds. The molecule has 0 bridgehead atoms. The monoisotopic (exact) mass is 1420 g/mol. The number of amides is 12. The average molecular weight is 1420 g/mol. The summed E-state index contributed by atoms with van der Waals surface area (Å²) in [6.07, 6.45) is 4.46. The van der Waals surface area contributed by atoms with Crippen molar-refractivity contribution in [3.63, 3.8) is 0 Å². The number of hydrogen-bond acceptors (Lipinski definition) is 12. The molecule has 4 saturated carbocycles. The van der Waals surface area contributed by atoms with Crippen LogP contribution in [-0.4, -0.2) is 264 Å². The van der Waals surface area contributed by atoms with Crippen LogP contribution in [0.4, 0.5) is 13.2 Å². The van der Waals surface area contributed by atoms with Crippen LogP contribution >= 0.6 is 11.6 Å². The van der Waals surface area contributed by atoms with Crippen LogP contribution in [0, 0.1) is 41.4 Å². The Hall–Kier alpha value is -6.28. The Bertz CT molecular complexity index is 2870. The van der Waals surface area contributed by atoms with Crippen molar-refractivity contribution in [2.45, 2.75) is 248 Å². The lowest BCUT2D eigenvalue weighted by atomic mass is 9.78. The van der Waals surface area contributed by atoms with Gasteiger partial charge in [0.2, 0.25) is 70.9 Å². The van der Waals surface area contributed by atoms with Crippen LogP contribution < -0.4 is 16.0 Å². The molecule has 0 radical (unpaired) electrons. The average Bonchev–Trinajstić information content (AvgIpc) is 1.70. The lowest BCUT2D eigenvalue weighted by Gasteiger charge is -2.43. The fourth-order valence-corrected chi connectivity index (χ4v) is 16.5. The summed E-state index contributed by atoms with van der Waals surface area (Å²) in [4.78, 5) is 189. The van der Waals surface area contributed by atoms with Gasteiger partial charge in [-0.25, -0.2) is 0 Å². The number of likely N-dealkylation sites (N-methyl/N-ethyl adjacent to an activating group) is 8. The van der Waals surface area contributed by atoms with Gasteiger partial charge in [0, 0.05) is 75.4 Å². The third-order valence-corrected chi connectivity index (χ3v) is 23.1. The molecule has 28 heteroatoms. The van der Waals surface area contributed by atoms with Crippen molar-refractivity contribution in [2.75, 3.05) is 89.6 Å². The molecule has 560 valence electrons. The summed E-state index contributed by atoms with van der Waals surface area (Å²) in [6.45, 7) is 7.89. The molecule has 6 fully saturated rings. The van der Waals surface area contributed by atoms with Gasteiger partial charge in [-0.05, 0) is 119 Å². The fourth-order valence-electron chi connectivity index (χ4n) is 15.9. The number of halogens is 4. The molecule has 0 aromatic carbocycles. The third-order valence-electron chi connectivity index (χ3n) is 22.6. The van der Waals surface area contributed by atoms with Crippen molar-refractivity contribution in [1.29, 1.82) is 0 Å². The second kappa shape index (κ2) is 36.0. The highest BCUT2D eigenvalue weighted by Gasteiger charge is 2.52. The maximum atomic E-state index is 15.6. The van der Waals surface area contributed by atoms with E-state index in [-0.39, 0.29) is 88.5 Å². The molecule has 6 rings (SSSR count). The van der Waals surface area contributed by atoms with Gasteiger partial charge in [-0.2, -0.15) is 13.2 Å².